The number of piperidine rings is 1. The Labute approximate surface area is 104 Å². The summed E-state index contributed by atoms with van der Waals surface area (Å²) in [6, 6.07) is 0.265. The van der Waals surface area contributed by atoms with Gasteiger partial charge in [-0.3, -0.25) is 9.69 Å². The maximum Gasteiger partial charge on any atom is 0.236 e. The van der Waals surface area contributed by atoms with Gasteiger partial charge in [-0.2, -0.15) is 0 Å². The van der Waals surface area contributed by atoms with Gasteiger partial charge in [0.05, 0.1) is 6.54 Å². The highest BCUT2D eigenvalue weighted by Gasteiger charge is 2.22. The lowest BCUT2D eigenvalue weighted by Gasteiger charge is -2.32. The molecule has 0 aliphatic carbocycles. The molecule has 2 fully saturated rings. The second-order valence-corrected chi connectivity index (χ2v) is 5.43. The average Bonchev–Trinajstić information content (AvgIpc) is 2.57. The normalized spacial score (nSPS) is 27.8. The molecule has 0 bridgehead atoms. The Hall–Kier alpha value is -0.610. The lowest BCUT2D eigenvalue weighted by molar-refractivity contribution is -0.132. The summed E-state index contributed by atoms with van der Waals surface area (Å²) in [7, 11) is 0. The molecule has 0 aromatic rings. The van der Waals surface area contributed by atoms with Crippen molar-refractivity contribution in [2.45, 2.75) is 44.6 Å². The maximum absolute atomic E-state index is 12.2. The fourth-order valence-electron chi connectivity index (χ4n) is 2.85. The molecular formula is C13H25N3O. The smallest absolute Gasteiger partial charge is 0.236 e. The minimum absolute atomic E-state index is 0.265. The zero-order valence-electron chi connectivity index (χ0n) is 10.7. The van der Waals surface area contributed by atoms with Crippen molar-refractivity contribution >= 4 is 5.91 Å². The van der Waals surface area contributed by atoms with Crippen LogP contribution in [0.2, 0.25) is 0 Å². The molecule has 0 aromatic heterocycles. The van der Waals surface area contributed by atoms with Gasteiger partial charge in [-0.05, 0) is 32.2 Å². The van der Waals surface area contributed by atoms with Gasteiger partial charge in [-0.25, -0.2) is 0 Å². The van der Waals surface area contributed by atoms with E-state index in [1.54, 1.807) is 0 Å². The van der Waals surface area contributed by atoms with Gasteiger partial charge < -0.3 is 10.6 Å². The third-order valence-corrected chi connectivity index (χ3v) is 3.86. The highest BCUT2D eigenvalue weighted by atomic mass is 16.2. The molecule has 1 amide bonds. The third kappa shape index (κ3) is 3.96. The van der Waals surface area contributed by atoms with E-state index in [4.69, 9.17) is 5.73 Å². The number of nitrogens with zero attached hydrogens (tertiary/aromatic N) is 2. The van der Waals surface area contributed by atoms with Crippen LogP contribution in [0.1, 0.15) is 38.5 Å². The monoisotopic (exact) mass is 239 g/mol. The number of rotatable bonds is 2. The molecular weight excluding hydrogens is 214 g/mol. The first-order valence-electron chi connectivity index (χ1n) is 7.01. The van der Waals surface area contributed by atoms with Gasteiger partial charge in [0.25, 0.3) is 0 Å². The molecule has 2 aliphatic rings. The Morgan fingerprint density at radius 3 is 2.41 bits per heavy atom. The summed E-state index contributed by atoms with van der Waals surface area (Å²) >= 11 is 0. The molecule has 1 atom stereocenters. The zero-order chi connectivity index (χ0) is 12.1. The average molecular weight is 239 g/mol. The van der Waals surface area contributed by atoms with Crippen LogP contribution in [-0.4, -0.2) is 54.5 Å². The highest BCUT2D eigenvalue weighted by Crippen LogP contribution is 2.12. The quantitative estimate of drug-likeness (QED) is 0.776. The Morgan fingerprint density at radius 2 is 1.76 bits per heavy atom. The van der Waals surface area contributed by atoms with Crippen molar-refractivity contribution in [3.8, 4) is 0 Å². The van der Waals surface area contributed by atoms with E-state index < -0.39 is 0 Å². The van der Waals surface area contributed by atoms with Crippen LogP contribution in [0.5, 0.6) is 0 Å². The van der Waals surface area contributed by atoms with Crippen LogP contribution in [0.4, 0.5) is 0 Å². The molecule has 0 spiro atoms. The molecule has 4 nitrogen and oxygen atoms in total. The lowest BCUT2D eigenvalue weighted by Crippen LogP contribution is -2.48. The van der Waals surface area contributed by atoms with Crippen LogP contribution in [0.25, 0.3) is 0 Å². The van der Waals surface area contributed by atoms with Crippen molar-refractivity contribution in [3.63, 3.8) is 0 Å². The van der Waals surface area contributed by atoms with Crippen LogP contribution in [0.3, 0.4) is 0 Å². The van der Waals surface area contributed by atoms with Crippen LogP contribution in [0.15, 0.2) is 0 Å². The van der Waals surface area contributed by atoms with Crippen molar-refractivity contribution in [2.75, 3.05) is 32.7 Å². The number of hydrogen-bond acceptors (Lipinski definition) is 3. The van der Waals surface area contributed by atoms with E-state index in [2.05, 4.69) is 4.90 Å². The summed E-state index contributed by atoms with van der Waals surface area (Å²) in [5.74, 6) is 0.306. The van der Waals surface area contributed by atoms with Gasteiger partial charge in [0.1, 0.15) is 0 Å². The van der Waals surface area contributed by atoms with Crippen LogP contribution >= 0.6 is 0 Å². The van der Waals surface area contributed by atoms with Crippen molar-refractivity contribution in [1.82, 2.24) is 9.80 Å². The van der Waals surface area contributed by atoms with E-state index in [9.17, 15) is 4.79 Å². The summed E-state index contributed by atoms with van der Waals surface area (Å²) in [6.07, 6.45) is 7.14. The molecule has 17 heavy (non-hydrogen) atoms. The van der Waals surface area contributed by atoms with Crippen LogP contribution < -0.4 is 5.73 Å². The molecule has 2 heterocycles. The van der Waals surface area contributed by atoms with Gasteiger partial charge in [-0.1, -0.05) is 12.8 Å². The SMILES string of the molecule is N[C@H]1CCCN(CC(=O)N2CCCCCC2)C1. The fourth-order valence-corrected chi connectivity index (χ4v) is 2.85. The predicted molar refractivity (Wildman–Crippen MR) is 68.7 cm³/mol. The van der Waals surface area contributed by atoms with Gasteiger partial charge in [0.15, 0.2) is 0 Å². The Morgan fingerprint density at radius 1 is 1.06 bits per heavy atom. The Bertz CT molecular complexity index is 249. The van der Waals surface area contributed by atoms with Gasteiger partial charge in [0.2, 0.25) is 5.91 Å². The van der Waals surface area contributed by atoms with Crippen LogP contribution in [-0.2, 0) is 4.79 Å². The Balaban J connectivity index is 1.78. The predicted octanol–water partition coefficient (Wildman–Crippen LogP) is 0.812. The molecule has 2 rings (SSSR count). The van der Waals surface area contributed by atoms with E-state index in [0.717, 1.165) is 39.0 Å². The van der Waals surface area contributed by atoms with E-state index >= 15 is 0 Å². The van der Waals surface area contributed by atoms with Crippen molar-refractivity contribution in [2.24, 2.45) is 5.73 Å². The minimum Gasteiger partial charge on any atom is -0.342 e. The zero-order valence-corrected chi connectivity index (χ0v) is 10.7. The first kappa shape index (κ1) is 12.8. The standard InChI is InChI=1S/C13H25N3O/c14-12-6-5-7-15(10-12)11-13(17)16-8-3-1-2-4-9-16/h12H,1-11,14H2/t12-/m0/s1. The van der Waals surface area contributed by atoms with Gasteiger partial charge >= 0.3 is 0 Å². The molecule has 98 valence electrons. The first-order chi connectivity index (χ1) is 8.25. The van der Waals surface area contributed by atoms with E-state index in [0.29, 0.717) is 12.5 Å². The maximum atomic E-state index is 12.2. The number of carbonyl (C=O) groups excluding carboxylic acids is 1. The second kappa shape index (κ2) is 6.36. The molecule has 4 heteroatoms. The number of hydrogen-bond donors (Lipinski definition) is 1. The van der Waals surface area contributed by atoms with Crippen LogP contribution in [0, 0.1) is 0 Å². The van der Waals surface area contributed by atoms with E-state index in [-0.39, 0.29) is 6.04 Å². The summed E-state index contributed by atoms with van der Waals surface area (Å²) in [5, 5.41) is 0. The number of likely N-dealkylation sites (tertiary alicyclic amines) is 2. The molecule has 2 N–H and O–H groups in total. The number of amides is 1. The topological polar surface area (TPSA) is 49.6 Å². The van der Waals surface area contributed by atoms with E-state index in [1.807, 2.05) is 4.90 Å². The Kier molecular flexibility index (Phi) is 4.80. The summed E-state index contributed by atoms with van der Waals surface area (Å²) in [4.78, 5) is 16.4. The van der Waals surface area contributed by atoms with Crippen molar-refractivity contribution in [1.29, 1.82) is 0 Å². The second-order valence-electron chi connectivity index (χ2n) is 5.43. The van der Waals surface area contributed by atoms with E-state index in [1.165, 1.54) is 25.7 Å². The summed E-state index contributed by atoms with van der Waals surface area (Å²) < 4.78 is 0. The summed E-state index contributed by atoms with van der Waals surface area (Å²) in [6.45, 7) is 4.41. The lowest BCUT2D eigenvalue weighted by atomic mass is 10.1. The van der Waals surface area contributed by atoms with Crippen molar-refractivity contribution in [3.05, 3.63) is 0 Å². The molecule has 0 unspecified atom stereocenters. The largest absolute Gasteiger partial charge is 0.342 e. The number of carbonyl (C=O) groups is 1. The number of nitrogens with two attached hydrogens (primary N) is 1. The first-order valence-corrected chi connectivity index (χ1v) is 7.01. The molecule has 2 aliphatic heterocycles. The highest BCUT2D eigenvalue weighted by molar-refractivity contribution is 5.78. The molecule has 2 saturated heterocycles. The third-order valence-electron chi connectivity index (χ3n) is 3.86. The fraction of sp³-hybridized carbons (Fsp3) is 0.923. The minimum atomic E-state index is 0.265. The molecule has 0 radical (unpaired) electrons. The van der Waals surface area contributed by atoms with Gasteiger partial charge in [0, 0.05) is 25.7 Å². The van der Waals surface area contributed by atoms with Crippen molar-refractivity contribution < 1.29 is 4.79 Å². The summed E-state index contributed by atoms with van der Waals surface area (Å²) in [5.41, 5.74) is 5.94. The van der Waals surface area contributed by atoms with Gasteiger partial charge in [-0.15, -0.1) is 0 Å². The molecule has 0 aromatic carbocycles. The molecule has 0 saturated carbocycles.